The molecule has 1 aliphatic carbocycles. The van der Waals surface area contributed by atoms with Crippen molar-refractivity contribution in [2.75, 3.05) is 20.8 Å². The molecule has 1 fully saturated rings. The minimum atomic E-state index is -1.73. The number of hydrogen-bond acceptors (Lipinski definition) is 7. The molecular weight excluding hydrogens is 400 g/mol. The lowest BCUT2D eigenvalue weighted by molar-refractivity contribution is -0.366. The van der Waals surface area contributed by atoms with Gasteiger partial charge in [-0.3, -0.25) is 0 Å². The number of methoxy groups -OCH3 is 2. The molecule has 31 heavy (non-hydrogen) atoms. The van der Waals surface area contributed by atoms with E-state index >= 15 is 0 Å². The predicted octanol–water partition coefficient (Wildman–Crippen LogP) is 1.35. The maximum absolute atomic E-state index is 10.8. The molecule has 166 valence electrons. The van der Waals surface area contributed by atoms with Crippen molar-refractivity contribution in [1.82, 2.24) is 0 Å². The number of fused-ring (bicyclic) bond motifs is 1. The minimum Gasteiger partial charge on any atom is -0.497 e. The van der Waals surface area contributed by atoms with Crippen LogP contribution in [0.15, 0.2) is 48.5 Å². The fourth-order valence-corrected chi connectivity index (χ4v) is 4.45. The van der Waals surface area contributed by atoms with E-state index in [-0.39, 0.29) is 0 Å². The standard InChI is InChI=1S/C24H28O7/c1-29-17-10-7-15(8-11-17)18-5-3-4-14-6-9-16(12-19(14)18)24(30-2)23(28)22(27)21(26)20(13-25)31-24/h5-12,20-23,25-28H,3-4,13H2,1-2H3/t20-,21-,22+,23-,24+/m1/s1. The summed E-state index contributed by atoms with van der Waals surface area (Å²) < 4.78 is 16.7. The lowest BCUT2D eigenvalue weighted by Gasteiger charge is -2.47. The molecule has 1 aliphatic heterocycles. The number of allylic oxidation sites excluding steroid dienone is 1. The zero-order valence-corrected chi connectivity index (χ0v) is 17.6. The Morgan fingerprint density at radius 2 is 1.77 bits per heavy atom. The molecule has 0 spiro atoms. The van der Waals surface area contributed by atoms with Gasteiger partial charge in [-0.25, -0.2) is 0 Å². The lowest BCUT2D eigenvalue weighted by Crippen LogP contribution is -2.64. The summed E-state index contributed by atoms with van der Waals surface area (Å²) in [6, 6.07) is 13.4. The zero-order chi connectivity index (χ0) is 22.2. The summed E-state index contributed by atoms with van der Waals surface area (Å²) in [6.45, 7) is -0.530. The number of rotatable bonds is 5. The minimum absolute atomic E-state index is 0.493. The molecular formula is C24H28O7. The summed E-state index contributed by atoms with van der Waals surface area (Å²) in [5.74, 6) is -0.961. The highest BCUT2D eigenvalue weighted by molar-refractivity contribution is 5.83. The van der Waals surface area contributed by atoms with Crippen molar-refractivity contribution >= 4 is 5.57 Å². The number of ether oxygens (including phenoxy) is 3. The molecule has 5 atom stereocenters. The van der Waals surface area contributed by atoms with E-state index in [1.165, 1.54) is 7.11 Å². The van der Waals surface area contributed by atoms with Gasteiger partial charge in [-0.2, -0.15) is 0 Å². The smallest absolute Gasteiger partial charge is 0.224 e. The van der Waals surface area contributed by atoms with E-state index in [1.807, 2.05) is 36.4 Å². The van der Waals surface area contributed by atoms with Crippen LogP contribution < -0.4 is 4.74 Å². The molecule has 0 unspecified atom stereocenters. The van der Waals surface area contributed by atoms with Gasteiger partial charge < -0.3 is 34.6 Å². The summed E-state index contributed by atoms with van der Waals surface area (Å²) in [5, 5.41) is 41.0. The number of aryl methyl sites for hydroxylation is 1. The molecule has 0 aromatic heterocycles. The third-order valence-corrected chi connectivity index (χ3v) is 6.22. The van der Waals surface area contributed by atoms with Crippen LogP contribution in [0.2, 0.25) is 0 Å². The molecule has 2 aromatic carbocycles. The fraction of sp³-hybridized carbons (Fsp3) is 0.417. The quantitative estimate of drug-likeness (QED) is 0.569. The van der Waals surface area contributed by atoms with E-state index < -0.39 is 36.8 Å². The van der Waals surface area contributed by atoms with Gasteiger partial charge in [0.15, 0.2) is 0 Å². The van der Waals surface area contributed by atoms with E-state index in [9.17, 15) is 20.4 Å². The summed E-state index contributed by atoms with van der Waals surface area (Å²) >= 11 is 0. The van der Waals surface area contributed by atoms with Crippen LogP contribution in [-0.4, -0.2) is 65.7 Å². The second-order valence-electron chi connectivity index (χ2n) is 7.89. The summed E-state index contributed by atoms with van der Waals surface area (Å²) in [4.78, 5) is 0. The molecule has 0 bridgehead atoms. The molecule has 0 radical (unpaired) electrons. The molecule has 1 heterocycles. The monoisotopic (exact) mass is 428 g/mol. The number of aliphatic hydroxyl groups excluding tert-OH is 4. The number of benzene rings is 2. The van der Waals surface area contributed by atoms with Crippen molar-refractivity contribution in [2.24, 2.45) is 0 Å². The topological polar surface area (TPSA) is 109 Å². The molecule has 7 heteroatoms. The fourth-order valence-electron chi connectivity index (χ4n) is 4.45. The third kappa shape index (κ3) is 3.67. The van der Waals surface area contributed by atoms with Crippen LogP contribution in [0.5, 0.6) is 5.75 Å². The molecule has 1 saturated heterocycles. The van der Waals surface area contributed by atoms with Crippen LogP contribution in [0.3, 0.4) is 0 Å². The maximum Gasteiger partial charge on any atom is 0.224 e. The van der Waals surface area contributed by atoms with Crippen LogP contribution in [0.1, 0.15) is 28.7 Å². The van der Waals surface area contributed by atoms with Gasteiger partial charge >= 0.3 is 0 Å². The summed E-state index contributed by atoms with van der Waals surface area (Å²) in [6.07, 6.45) is -1.69. The predicted molar refractivity (Wildman–Crippen MR) is 114 cm³/mol. The Kier molecular flexibility index (Phi) is 6.16. The molecule has 2 aromatic rings. The van der Waals surface area contributed by atoms with Gasteiger partial charge in [-0.05, 0) is 53.3 Å². The van der Waals surface area contributed by atoms with Crippen LogP contribution in [0, 0.1) is 0 Å². The van der Waals surface area contributed by atoms with Gasteiger partial charge in [-0.15, -0.1) is 0 Å². The summed E-state index contributed by atoms with van der Waals surface area (Å²) in [7, 11) is 2.99. The average Bonchev–Trinajstić information content (AvgIpc) is 2.82. The van der Waals surface area contributed by atoms with Crippen molar-refractivity contribution in [1.29, 1.82) is 0 Å². The van der Waals surface area contributed by atoms with Crippen molar-refractivity contribution in [3.05, 3.63) is 70.8 Å². The van der Waals surface area contributed by atoms with E-state index in [2.05, 4.69) is 6.08 Å². The highest BCUT2D eigenvalue weighted by atomic mass is 16.7. The van der Waals surface area contributed by atoms with Crippen molar-refractivity contribution < 1.29 is 34.6 Å². The number of hydrogen-bond donors (Lipinski definition) is 4. The Hall–Kier alpha value is -2.26. The average molecular weight is 428 g/mol. The largest absolute Gasteiger partial charge is 0.497 e. The Morgan fingerprint density at radius 3 is 2.42 bits per heavy atom. The molecule has 7 nitrogen and oxygen atoms in total. The van der Waals surface area contributed by atoms with Crippen LogP contribution in [0.25, 0.3) is 5.57 Å². The SMILES string of the molecule is COc1ccc(C2=CCCc3ccc([C@]4(OC)O[C@H](CO)[C@@H](O)[C@H](O)[C@H]4O)cc32)cc1. The van der Waals surface area contributed by atoms with E-state index in [1.54, 1.807) is 13.2 Å². The first-order chi connectivity index (χ1) is 14.9. The van der Waals surface area contributed by atoms with E-state index in [0.717, 1.165) is 40.9 Å². The van der Waals surface area contributed by atoms with Crippen LogP contribution in [0.4, 0.5) is 0 Å². The lowest BCUT2D eigenvalue weighted by atomic mass is 9.82. The van der Waals surface area contributed by atoms with Crippen molar-refractivity contribution in [3.63, 3.8) is 0 Å². The van der Waals surface area contributed by atoms with Gasteiger partial charge in [0.25, 0.3) is 0 Å². The van der Waals surface area contributed by atoms with Crippen molar-refractivity contribution in [3.8, 4) is 5.75 Å². The molecule has 2 aliphatic rings. The van der Waals surface area contributed by atoms with Gasteiger partial charge in [0.1, 0.15) is 30.2 Å². The van der Waals surface area contributed by atoms with Gasteiger partial charge in [0, 0.05) is 12.7 Å². The molecule has 4 N–H and O–H groups in total. The Bertz CT molecular complexity index is 953. The first-order valence-corrected chi connectivity index (χ1v) is 10.3. The van der Waals surface area contributed by atoms with E-state index in [4.69, 9.17) is 14.2 Å². The Morgan fingerprint density at radius 1 is 1.03 bits per heavy atom. The summed E-state index contributed by atoms with van der Waals surface area (Å²) in [5.41, 5.74) is 4.68. The number of aliphatic hydroxyl groups is 4. The first-order valence-electron chi connectivity index (χ1n) is 10.3. The molecule has 4 rings (SSSR count). The normalized spacial score (nSPS) is 30.5. The highest BCUT2D eigenvalue weighted by Gasteiger charge is 2.55. The van der Waals surface area contributed by atoms with Crippen molar-refractivity contribution in [2.45, 2.75) is 43.0 Å². The molecule has 0 saturated carbocycles. The van der Waals surface area contributed by atoms with Gasteiger partial charge in [0.2, 0.25) is 5.79 Å². The second-order valence-corrected chi connectivity index (χ2v) is 7.89. The third-order valence-electron chi connectivity index (χ3n) is 6.22. The second kappa shape index (κ2) is 8.70. The van der Waals surface area contributed by atoms with E-state index in [0.29, 0.717) is 5.56 Å². The molecule has 0 amide bonds. The van der Waals surface area contributed by atoms with Crippen LogP contribution in [-0.2, 0) is 21.7 Å². The van der Waals surface area contributed by atoms with Gasteiger partial charge in [0.05, 0.1) is 13.7 Å². The maximum atomic E-state index is 10.8. The highest BCUT2D eigenvalue weighted by Crippen LogP contribution is 2.42. The van der Waals surface area contributed by atoms with Gasteiger partial charge in [-0.1, -0.05) is 30.3 Å². The Balaban J connectivity index is 1.78. The zero-order valence-electron chi connectivity index (χ0n) is 17.6. The first kappa shape index (κ1) is 22.0. The Labute approximate surface area is 181 Å². The van der Waals surface area contributed by atoms with Crippen LogP contribution >= 0.6 is 0 Å².